The predicted octanol–water partition coefficient (Wildman–Crippen LogP) is 3.44. The molecule has 1 fully saturated rings. The Labute approximate surface area is 87.7 Å². The average Bonchev–Trinajstić information content (AvgIpc) is 2.20. The minimum absolute atomic E-state index is 0.183. The molecule has 0 N–H and O–H groups in total. The van der Waals surface area contributed by atoms with E-state index in [1.807, 2.05) is 18.2 Å². The Balaban J connectivity index is 2.18. The maximum Gasteiger partial charge on any atom is 0.155 e. The first-order chi connectivity index (χ1) is 6.38. The van der Waals surface area contributed by atoms with E-state index < -0.39 is 0 Å². The molecule has 13 heavy (non-hydrogen) atoms. The summed E-state index contributed by atoms with van der Waals surface area (Å²) in [5.41, 5.74) is 1.22. The summed E-state index contributed by atoms with van der Waals surface area (Å²) in [5, 5.41) is 0. The predicted molar refractivity (Wildman–Crippen MR) is 56.9 cm³/mol. The minimum Gasteiger partial charge on any atom is -0.336 e. The monoisotopic (exact) mass is 260 g/mol. The lowest BCUT2D eigenvalue weighted by atomic mass is 10.1. The number of halogens is 1. The van der Waals surface area contributed by atoms with Gasteiger partial charge in [0.05, 0.1) is 12.7 Å². The second kappa shape index (κ2) is 4.52. The van der Waals surface area contributed by atoms with Crippen molar-refractivity contribution in [3.63, 3.8) is 0 Å². The van der Waals surface area contributed by atoms with Gasteiger partial charge in [0.15, 0.2) is 9.03 Å². The minimum atomic E-state index is 0.183. The van der Waals surface area contributed by atoms with E-state index >= 15 is 0 Å². The van der Waals surface area contributed by atoms with Crippen LogP contribution in [0.4, 0.5) is 0 Å². The van der Waals surface area contributed by atoms with Gasteiger partial charge in [0, 0.05) is 10.9 Å². The molecule has 1 aliphatic heterocycles. The van der Waals surface area contributed by atoms with E-state index in [2.05, 4.69) is 22.0 Å². The van der Waals surface area contributed by atoms with Gasteiger partial charge in [-0.1, -0.05) is 34.1 Å². The maximum atomic E-state index is 5.52. The van der Waals surface area contributed by atoms with Crippen LogP contribution >= 0.6 is 25.0 Å². The Hall–Kier alpha value is 0.0500. The molecule has 2 rings (SSSR count). The fraction of sp³-hybridized carbons (Fsp3) is 0.333. The van der Waals surface area contributed by atoms with Crippen LogP contribution in [0.25, 0.3) is 0 Å². The van der Waals surface area contributed by atoms with E-state index in [0.717, 1.165) is 17.5 Å². The van der Waals surface area contributed by atoms with Crippen molar-refractivity contribution in [2.24, 2.45) is 0 Å². The first kappa shape index (κ1) is 9.60. The molecule has 0 bridgehead atoms. The van der Waals surface area contributed by atoms with E-state index in [9.17, 15) is 0 Å². The van der Waals surface area contributed by atoms with Crippen molar-refractivity contribution in [3.8, 4) is 0 Å². The highest BCUT2D eigenvalue weighted by Crippen LogP contribution is 2.37. The van der Waals surface area contributed by atoms with Crippen LogP contribution in [-0.4, -0.2) is 6.61 Å². The number of rotatable bonds is 1. The molecule has 0 spiro atoms. The molecule has 1 aromatic carbocycles. The van der Waals surface area contributed by atoms with Crippen molar-refractivity contribution < 1.29 is 9.05 Å². The first-order valence-corrected chi connectivity index (χ1v) is 5.76. The third kappa shape index (κ3) is 2.29. The summed E-state index contributed by atoms with van der Waals surface area (Å²) in [6.45, 7) is 0.796. The van der Waals surface area contributed by atoms with Crippen molar-refractivity contribution in [2.75, 3.05) is 6.61 Å². The van der Waals surface area contributed by atoms with Gasteiger partial charge in [-0.25, -0.2) is 0 Å². The zero-order valence-electron chi connectivity index (χ0n) is 7.00. The quantitative estimate of drug-likeness (QED) is 0.721. The molecule has 1 aliphatic rings. The zero-order chi connectivity index (χ0) is 9.10. The van der Waals surface area contributed by atoms with Crippen LogP contribution in [0.2, 0.25) is 0 Å². The van der Waals surface area contributed by atoms with Gasteiger partial charge < -0.3 is 9.05 Å². The number of benzene rings is 1. The van der Waals surface area contributed by atoms with Crippen molar-refractivity contribution in [1.82, 2.24) is 0 Å². The van der Waals surface area contributed by atoms with E-state index in [-0.39, 0.29) is 15.1 Å². The van der Waals surface area contributed by atoms with Gasteiger partial charge >= 0.3 is 0 Å². The molecule has 1 heterocycles. The van der Waals surface area contributed by atoms with Gasteiger partial charge in [-0.2, -0.15) is 0 Å². The molecule has 0 radical (unpaired) electrons. The highest BCUT2D eigenvalue weighted by molar-refractivity contribution is 9.10. The van der Waals surface area contributed by atoms with E-state index in [1.165, 1.54) is 5.56 Å². The Morgan fingerprint density at radius 3 is 2.92 bits per heavy atom. The molecule has 0 amide bonds. The third-order valence-corrected chi connectivity index (χ3v) is 3.41. The van der Waals surface area contributed by atoms with Gasteiger partial charge in [0.1, 0.15) is 0 Å². The smallest absolute Gasteiger partial charge is 0.155 e. The normalized spacial score (nSPS) is 24.8. The van der Waals surface area contributed by atoms with Crippen molar-refractivity contribution in [3.05, 3.63) is 34.3 Å². The van der Waals surface area contributed by atoms with Crippen LogP contribution in [0.5, 0.6) is 0 Å². The highest BCUT2D eigenvalue weighted by Gasteiger charge is 2.18. The largest absolute Gasteiger partial charge is 0.336 e. The van der Waals surface area contributed by atoms with Crippen LogP contribution < -0.4 is 0 Å². The van der Waals surface area contributed by atoms with Crippen LogP contribution in [0.15, 0.2) is 28.7 Å². The highest BCUT2D eigenvalue weighted by atomic mass is 79.9. The van der Waals surface area contributed by atoms with Gasteiger partial charge in [0.2, 0.25) is 0 Å². The van der Waals surface area contributed by atoms with Gasteiger partial charge in [-0.3, -0.25) is 0 Å². The molecular weight excluding hydrogens is 251 g/mol. The average molecular weight is 261 g/mol. The summed E-state index contributed by atoms with van der Waals surface area (Å²) < 4.78 is 11.8. The standard InChI is InChI=1S/C9H10BrO2P/c10-8-4-2-1-3-7(8)9-5-6-11-13-12-9/h1-4,9,13H,5-6H2/t9-/m0/s1. The number of hydrogen-bond donors (Lipinski definition) is 0. The Morgan fingerprint density at radius 1 is 1.38 bits per heavy atom. The Kier molecular flexibility index (Phi) is 3.33. The van der Waals surface area contributed by atoms with Crippen LogP contribution in [-0.2, 0) is 9.05 Å². The summed E-state index contributed by atoms with van der Waals surface area (Å²) in [7, 11) is 0.183. The molecule has 2 atom stereocenters. The Bertz CT molecular complexity index is 287. The van der Waals surface area contributed by atoms with Crippen LogP contribution in [0, 0.1) is 0 Å². The molecular formula is C9H10BrO2P. The molecule has 0 saturated carbocycles. The van der Waals surface area contributed by atoms with Gasteiger partial charge in [-0.05, 0) is 11.6 Å². The van der Waals surface area contributed by atoms with Gasteiger partial charge in [0.25, 0.3) is 0 Å². The summed E-state index contributed by atoms with van der Waals surface area (Å²) in [4.78, 5) is 0. The van der Waals surface area contributed by atoms with Gasteiger partial charge in [-0.15, -0.1) is 0 Å². The second-order valence-electron chi connectivity index (χ2n) is 2.85. The lowest BCUT2D eigenvalue weighted by Gasteiger charge is -2.23. The van der Waals surface area contributed by atoms with Crippen molar-refractivity contribution in [1.29, 1.82) is 0 Å². The van der Waals surface area contributed by atoms with E-state index in [1.54, 1.807) is 0 Å². The molecule has 0 aliphatic carbocycles. The maximum absolute atomic E-state index is 5.52. The third-order valence-electron chi connectivity index (χ3n) is 1.98. The van der Waals surface area contributed by atoms with Crippen LogP contribution in [0.3, 0.4) is 0 Å². The summed E-state index contributed by atoms with van der Waals surface area (Å²) in [6.07, 6.45) is 1.14. The molecule has 1 saturated heterocycles. The zero-order valence-corrected chi connectivity index (χ0v) is 9.58. The van der Waals surface area contributed by atoms with E-state index in [0.29, 0.717) is 0 Å². The van der Waals surface area contributed by atoms with Crippen molar-refractivity contribution >= 4 is 25.0 Å². The molecule has 2 nitrogen and oxygen atoms in total. The van der Waals surface area contributed by atoms with E-state index in [4.69, 9.17) is 9.05 Å². The second-order valence-corrected chi connectivity index (χ2v) is 4.39. The molecule has 1 aromatic rings. The number of hydrogen-bond acceptors (Lipinski definition) is 2. The summed E-state index contributed by atoms with van der Waals surface area (Å²) in [5.74, 6) is 0. The SMILES string of the molecule is Brc1ccccc1[C@@H]1CCOPO1. The lowest BCUT2D eigenvalue weighted by Crippen LogP contribution is -2.08. The van der Waals surface area contributed by atoms with Crippen molar-refractivity contribution in [2.45, 2.75) is 12.5 Å². The fourth-order valence-electron chi connectivity index (χ4n) is 1.31. The topological polar surface area (TPSA) is 18.5 Å². The van der Waals surface area contributed by atoms with Crippen LogP contribution in [0.1, 0.15) is 18.1 Å². The molecule has 4 heteroatoms. The molecule has 0 aromatic heterocycles. The molecule has 70 valence electrons. The first-order valence-electron chi connectivity index (χ1n) is 4.15. The summed E-state index contributed by atoms with van der Waals surface area (Å²) >= 11 is 3.51. The molecule has 1 unspecified atom stereocenters. The summed E-state index contributed by atoms with van der Waals surface area (Å²) in [6, 6.07) is 8.17. The fourth-order valence-corrected chi connectivity index (χ4v) is 2.48. The lowest BCUT2D eigenvalue weighted by molar-refractivity contribution is 0.120. The Morgan fingerprint density at radius 2 is 2.23 bits per heavy atom.